The Labute approximate surface area is 222 Å². The summed E-state index contributed by atoms with van der Waals surface area (Å²) in [5, 5.41) is 2.90. The number of carbonyl (C=O) groups is 2. The second-order valence-corrected chi connectivity index (χ2v) is 11.2. The molecule has 0 unspecified atom stereocenters. The molecule has 202 valence electrons. The highest BCUT2D eigenvalue weighted by molar-refractivity contribution is 5.73. The number of para-hydroxylation sites is 1. The highest BCUT2D eigenvalue weighted by atomic mass is 16.6. The number of benzene rings is 2. The number of alkyl carbamates (subject to hydrolysis) is 1. The number of nitrogens with one attached hydrogen (secondary N) is 1. The third-order valence-electron chi connectivity index (χ3n) is 6.51. The minimum atomic E-state index is -0.516. The van der Waals surface area contributed by atoms with Gasteiger partial charge in [0.15, 0.2) is 0 Å². The van der Waals surface area contributed by atoms with Gasteiger partial charge >= 0.3 is 12.1 Å². The molecule has 2 aromatic rings. The SMILES string of the molecule is C[C@H](CCc1ccccc1O[C@H](C)CC[C@H](C(=O)OCc1ccccc1)C1CC1)NC(=O)OC(C)(C)C. The van der Waals surface area contributed by atoms with Gasteiger partial charge in [-0.25, -0.2) is 4.79 Å². The van der Waals surface area contributed by atoms with E-state index in [4.69, 9.17) is 14.2 Å². The van der Waals surface area contributed by atoms with E-state index in [-0.39, 0.29) is 24.0 Å². The molecule has 37 heavy (non-hydrogen) atoms. The van der Waals surface area contributed by atoms with E-state index < -0.39 is 11.7 Å². The molecule has 3 atom stereocenters. The first-order valence-corrected chi connectivity index (χ1v) is 13.6. The van der Waals surface area contributed by atoms with Gasteiger partial charge in [-0.3, -0.25) is 4.79 Å². The van der Waals surface area contributed by atoms with Crippen LogP contribution >= 0.6 is 0 Å². The van der Waals surface area contributed by atoms with Crippen molar-refractivity contribution in [2.45, 2.75) is 97.5 Å². The fraction of sp³-hybridized carbons (Fsp3) is 0.548. The largest absolute Gasteiger partial charge is 0.490 e. The van der Waals surface area contributed by atoms with Crippen molar-refractivity contribution in [3.63, 3.8) is 0 Å². The summed E-state index contributed by atoms with van der Waals surface area (Å²) >= 11 is 0. The minimum absolute atomic E-state index is 0.0263. The van der Waals surface area contributed by atoms with Crippen LogP contribution < -0.4 is 10.1 Å². The summed E-state index contributed by atoms with van der Waals surface area (Å²) in [4.78, 5) is 24.9. The van der Waals surface area contributed by atoms with Crippen molar-refractivity contribution in [1.29, 1.82) is 0 Å². The van der Waals surface area contributed by atoms with Gasteiger partial charge in [0.2, 0.25) is 0 Å². The summed E-state index contributed by atoms with van der Waals surface area (Å²) in [6, 6.07) is 17.8. The summed E-state index contributed by atoms with van der Waals surface area (Å²) < 4.78 is 17.3. The van der Waals surface area contributed by atoms with Gasteiger partial charge in [-0.05, 0) is 96.3 Å². The third kappa shape index (κ3) is 10.5. The smallest absolute Gasteiger partial charge is 0.407 e. The Balaban J connectivity index is 1.46. The van der Waals surface area contributed by atoms with Gasteiger partial charge in [0.25, 0.3) is 0 Å². The number of rotatable bonds is 13. The molecule has 1 fully saturated rings. The van der Waals surface area contributed by atoms with E-state index in [0.717, 1.165) is 55.4 Å². The molecule has 0 saturated heterocycles. The van der Waals surface area contributed by atoms with Crippen LogP contribution in [0, 0.1) is 11.8 Å². The molecule has 6 heteroatoms. The van der Waals surface area contributed by atoms with Crippen LogP contribution in [0.15, 0.2) is 54.6 Å². The number of esters is 1. The van der Waals surface area contributed by atoms with Crippen LogP contribution in [0.3, 0.4) is 0 Å². The van der Waals surface area contributed by atoms with Crippen molar-refractivity contribution in [2.75, 3.05) is 0 Å². The van der Waals surface area contributed by atoms with Crippen molar-refractivity contribution in [3.05, 3.63) is 65.7 Å². The Hall–Kier alpha value is -3.02. The fourth-order valence-electron chi connectivity index (χ4n) is 4.35. The fourth-order valence-corrected chi connectivity index (χ4v) is 4.35. The molecule has 6 nitrogen and oxygen atoms in total. The van der Waals surface area contributed by atoms with Crippen LogP contribution in [0.1, 0.15) is 77.8 Å². The minimum Gasteiger partial charge on any atom is -0.490 e. The van der Waals surface area contributed by atoms with Gasteiger partial charge in [0, 0.05) is 6.04 Å². The van der Waals surface area contributed by atoms with E-state index in [1.165, 1.54) is 0 Å². The molecule has 1 N–H and O–H groups in total. The van der Waals surface area contributed by atoms with Crippen molar-refractivity contribution >= 4 is 12.1 Å². The first-order valence-electron chi connectivity index (χ1n) is 13.6. The third-order valence-corrected chi connectivity index (χ3v) is 6.51. The van der Waals surface area contributed by atoms with Crippen molar-refractivity contribution < 1.29 is 23.8 Å². The lowest BCUT2D eigenvalue weighted by molar-refractivity contribution is -0.151. The zero-order valence-electron chi connectivity index (χ0n) is 23.0. The number of amides is 1. The van der Waals surface area contributed by atoms with Crippen molar-refractivity contribution in [3.8, 4) is 5.75 Å². The van der Waals surface area contributed by atoms with Crippen LogP contribution in [0.5, 0.6) is 5.75 Å². The number of aryl methyl sites for hydroxylation is 1. The average molecular weight is 510 g/mol. The molecule has 0 heterocycles. The Kier molecular flexibility index (Phi) is 10.4. The van der Waals surface area contributed by atoms with Crippen LogP contribution in [0.25, 0.3) is 0 Å². The maximum atomic E-state index is 12.8. The zero-order valence-corrected chi connectivity index (χ0v) is 23.0. The van der Waals surface area contributed by atoms with Crippen molar-refractivity contribution in [2.24, 2.45) is 11.8 Å². The Morgan fingerprint density at radius 1 is 0.946 bits per heavy atom. The number of carbonyl (C=O) groups excluding carboxylic acids is 2. The molecule has 0 bridgehead atoms. The van der Waals surface area contributed by atoms with Gasteiger partial charge in [-0.1, -0.05) is 48.5 Å². The van der Waals surface area contributed by atoms with E-state index in [1.54, 1.807) is 0 Å². The number of hydrogen-bond donors (Lipinski definition) is 1. The Morgan fingerprint density at radius 2 is 1.62 bits per heavy atom. The predicted molar refractivity (Wildman–Crippen MR) is 145 cm³/mol. The molecule has 0 aliphatic heterocycles. The van der Waals surface area contributed by atoms with Gasteiger partial charge in [0.05, 0.1) is 12.0 Å². The van der Waals surface area contributed by atoms with Crippen molar-refractivity contribution in [1.82, 2.24) is 5.32 Å². The quantitative estimate of drug-likeness (QED) is 0.299. The lowest BCUT2D eigenvalue weighted by atomic mass is 9.96. The first kappa shape index (κ1) is 28.5. The van der Waals surface area contributed by atoms with Crippen LogP contribution in [-0.4, -0.2) is 29.8 Å². The molecule has 1 aliphatic carbocycles. The van der Waals surface area contributed by atoms with E-state index >= 15 is 0 Å². The molecular formula is C31H43NO5. The average Bonchev–Trinajstić information content (AvgIpc) is 3.67. The molecule has 1 amide bonds. The highest BCUT2D eigenvalue weighted by Crippen LogP contribution is 2.40. The molecule has 2 aromatic carbocycles. The Bertz CT molecular complexity index is 996. The number of hydrogen-bond acceptors (Lipinski definition) is 5. The number of ether oxygens (including phenoxy) is 3. The van der Waals surface area contributed by atoms with Crippen LogP contribution in [0.2, 0.25) is 0 Å². The van der Waals surface area contributed by atoms with Crippen LogP contribution in [-0.2, 0) is 27.3 Å². The van der Waals surface area contributed by atoms with Gasteiger partial charge in [-0.2, -0.15) is 0 Å². The first-order chi connectivity index (χ1) is 17.6. The van der Waals surface area contributed by atoms with E-state index in [0.29, 0.717) is 12.5 Å². The molecule has 3 rings (SSSR count). The normalized spacial score (nSPS) is 15.8. The monoisotopic (exact) mass is 509 g/mol. The van der Waals surface area contributed by atoms with Crippen LogP contribution in [0.4, 0.5) is 4.79 Å². The summed E-state index contributed by atoms with van der Waals surface area (Å²) in [6.45, 7) is 9.92. The molecule has 0 spiro atoms. The van der Waals surface area contributed by atoms with E-state index in [9.17, 15) is 9.59 Å². The van der Waals surface area contributed by atoms with E-state index in [1.807, 2.05) is 76.2 Å². The zero-order chi connectivity index (χ0) is 26.8. The lowest BCUT2D eigenvalue weighted by Crippen LogP contribution is -2.37. The summed E-state index contributed by atoms with van der Waals surface area (Å²) in [6.07, 6.45) is 4.86. The van der Waals surface area contributed by atoms with Gasteiger partial charge in [0.1, 0.15) is 18.0 Å². The summed E-state index contributed by atoms with van der Waals surface area (Å²) in [7, 11) is 0. The molecular weight excluding hydrogens is 466 g/mol. The molecule has 0 radical (unpaired) electrons. The van der Waals surface area contributed by atoms with Gasteiger partial charge in [-0.15, -0.1) is 0 Å². The molecule has 1 saturated carbocycles. The topological polar surface area (TPSA) is 73.9 Å². The van der Waals surface area contributed by atoms with E-state index in [2.05, 4.69) is 18.3 Å². The molecule has 0 aromatic heterocycles. The predicted octanol–water partition coefficient (Wildman–Crippen LogP) is 6.85. The second kappa shape index (κ2) is 13.5. The molecule has 1 aliphatic rings. The maximum Gasteiger partial charge on any atom is 0.407 e. The summed E-state index contributed by atoms with van der Waals surface area (Å²) in [5.74, 6) is 1.13. The highest BCUT2D eigenvalue weighted by Gasteiger charge is 2.37. The lowest BCUT2D eigenvalue weighted by Gasteiger charge is -2.22. The Morgan fingerprint density at radius 3 is 2.30 bits per heavy atom. The maximum absolute atomic E-state index is 12.8. The standard InChI is InChI=1S/C31H43NO5/c1-22(32-30(34)37-31(3,4)5)15-17-26-13-9-10-14-28(26)36-23(2)16-20-27(25-18-19-25)29(33)35-21-24-11-7-6-8-12-24/h6-14,22-23,25,27H,15-21H2,1-5H3,(H,32,34)/t22-,23-,27+/m1/s1. The van der Waals surface area contributed by atoms with Gasteiger partial charge < -0.3 is 19.5 Å². The second-order valence-electron chi connectivity index (χ2n) is 11.2. The summed E-state index contributed by atoms with van der Waals surface area (Å²) in [5.41, 5.74) is 1.60.